The molecule has 1 atom stereocenters. The van der Waals surface area contributed by atoms with Crippen molar-refractivity contribution in [1.29, 1.82) is 0 Å². The SMILES string of the molecule is CC(C)(C)OC(=O)NCC(=O)N1CCSC1CS.CCC. The molecule has 124 valence electrons. The lowest BCUT2D eigenvalue weighted by atomic mass is 10.2. The van der Waals surface area contributed by atoms with Gasteiger partial charge in [-0.2, -0.15) is 12.6 Å². The van der Waals surface area contributed by atoms with E-state index >= 15 is 0 Å². The minimum Gasteiger partial charge on any atom is -0.444 e. The zero-order chi connectivity index (χ0) is 16.5. The number of carbonyl (C=O) groups excluding carboxylic acids is 2. The topological polar surface area (TPSA) is 58.6 Å². The third-order valence-electron chi connectivity index (χ3n) is 2.25. The summed E-state index contributed by atoms with van der Waals surface area (Å²) in [4.78, 5) is 25.0. The summed E-state index contributed by atoms with van der Waals surface area (Å²) in [5.74, 6) is 1.46. The molecule has 0 saturated carbocycles. The second kappa shape index (κ2) is 10.2. The minimum atomic E-state index is -0.565. The molecule has 0 spiro atoms. The van der Waals surface area contributed by atoms with Gasteiger partial charge in [0.1, 0.15) is 12.1 Å². The van der Waals surface area contributed by atoms with Crippen LogP contribution in [0.15, 0.2) is 0 Å². The average molecular weight is 337 g/mol. The summed E-state index contributed by atoms with van der Waals surface area (Å²) >= 11 is 5.92. The fourth-order valence-electron chi connectivity index (χ4n) is 1.52. The molecule has 2 amide bonds. The molecule has 0 aromatic carbocycles. The molecule has 1 aliphatic heterocycles. The standard InChI is InChI=1S/C11H20N2O3S2.C3H8/c1-11(2,3)16-10(15)12-6-8(14)13-4-5-18-9(13)7-17;1-3-2/h9,17H,4-7H2,1-3H3,(H,12,15);3H2,1-2H3. The first-order valence-corrected chi connectivity index (χ1v) is 8.92. The largest absolute Gasteiger partial charge is 0.444 e. The Morgan fingerprint density at radius 1 is 1.38 bits per heavy atom. The van der Waals surface area contributed by atoms with E-state index in [0.29, 0.717) is 12.3 Å². The smallest absolute Gasteiger partial charge is 0.408 e. The van der Waals surface area contributed by atoms with Crippen LogP contribution in [0.4, 0.5) is 4.79 Å². The molecular formula is C14H28N2O3S2. The summed E-state index contributed by atoms with van der Waals surface area (Å²) in [5, 5.41) is 2.59. The number of nitrogens with one attached hydrogen (secondary N) is 1. The molecule has 0 aromatic rings. The van der Waals surface area contributed by atoms with Crippen LogP contribution in [-0.2, 0) is 9.53 Å². The van der Waals surface area contributed by atoms with Crippen LogP contribution in [0.1, 0.15) is 41.0 Å². The van der Waals surface area contributed by atoms with Crippen LogP contribution in [0.2, 0.25) is 0 Å². The van der Waals surface area contributed by atoms with Crippen LogP contribution >= 0.6 is 24.4 Å². The van der Waals surface area contributed by atoms with Gasteiger partial charge in [0.25, 0.3) is 0 Å². The predicted octanol–water partition coefficient (Wildman–Crippen LogP) is 2.76. The summed E-state index contributed by atoms with van der Waals surface area (Å²) in [7, 11) is 0. The quantitative estimate of drug-likeness (QED) is 0.778. The van der Waals surface area contributed by atoms with Crippen molar-refractivity contribution in [1.82, 2.24) is 10.2 Å². The Balaban J connectivity index is 0.00000122. The molecule has 0 aliphatic carbocycles. The van der Waals surface area contributed by atoms with E-state index in [2.05, 4.69) is 31.8 Å². The highest BCUT2D eigenvalue weighted by Crippen LogP contribution is 2.24. The molecule has 1 aliphatic rings. The Labute approximate surface area is 138 Å². The van der Waals surface area contributed by atoms with Crippen molar-refractivity contribution in [2.75, 3.05) is 24.6 Å². The van der Waals surface area contributed by atoms with Crippen molar-refractivity contribution in [2.24, 2.45) is 0 Å². The highest BCUT2D eigenvalue weighted by Gasteiger charge is 2.28. The maximum absolute atomic E-state index is 11.9. The summed E-state index contributed by atoms with van der Waals surface area (Å²) in [6, 6.07) is 0. The maximum Gasteiger partial charge on any atom is 0.408 e. The van der Waals surface area contributed by atoms with E-state index in [-0.39, 0.29) is 17.8 Å². The summed E-state index contributed by atoms with van der Waals surface area (Å²) in [6.45, 7) is 10.3. The van der Waals surface area contributed by atoms with E-state index < -0.39 is 11.7 Å². The van der Waals surface area contributed by atoms with Gasteiger partial charge in [0.05, 0.1) is 5.37 Å². The number of carbonyl (C=O) groups is 2. The van der Waals surface area contributed by atoms with Crippen molar-refractivity contribution in [2.45, 2.75) is 52.0 Å². The van der Waals surface area contributed by atoms with E-state index in [4.69, 9.17) is 4.74 Å². The summed E-state index contributed by atoms with van der Waals surface area (Å²) in [6.07, 6.45) is 0.685. The Kier molecular flexibility index (Phi) is 9.94. The number of amides is 2. The van der Waals surface area contributed by atoms with Gasteiger partial charge in [-0.3, -0.25) is 4.79 Å². The van der Waals surface area contributed by atoms with Crippen LogP contribution < -0.4 is 5.32 Å². The van der Waals surface area contributed by atoms with Crippen molar-refractivity contribution >= 4 is 36.4 Å². The predicted molar refractivity (Wildman–Crippen MR) is 92.0 cm³/mol. The Hall–Kier alpha value is -0.560. The molecule has 1 rings (SSSR count). The molecule has 7 heteroatoms. The second-order valence-electron chi connectivity index (χ2n) is 5.66. The van der Waals surface area contributed by atoms with Crippen molar-refractivity contribution in [3.63, 3.8) is 0 Å². The first-order chi connectivity index (χ1) is 9.75. The first kappa shape index (κ1) is 20.4. The van der Waals surface area contributed by atoms with Crippen molar-refractivity contribution in [3.05, 3.63) is 0 Å². The number of thiol groups is 1. The fraction of sp³-hybridized carbons (Fsp3) is 0.857. The third-order valence-corrected chi connectivity index (χ3v) is 4.07. The Bertz CT molecular complexity index is 333. The number of nitrogens with zero attached hydrogens (tertiary/aromatic N) is 1. The van der Waals surface area contributed by atoms with Crippen LogP contribution in [0, 0.1) is 0 Å². The summed E-state index contributed by atoms with van der Waals surface area (Å²) < 4.78 is 5.06. The molecular weight excluding hydrogens is 308 g/mol. The van der Waals surface area contributed by atoms with Crippen molar-refractivity contribution < 1.29 is 14.3 Å². The van der Waals surface area contributed by atoms with Gasteiger partial charge in [0.15, 0.2) is 0 Å². The zero-order valence-corrected chi connectivity index (χ0v) is 15.4. The fourth-order valence-corrected chi connectivity index (χ4v) is 3.12. The molecule has 1 unspecified atom stereocenters. The first-order valence-electron chi connectivity index (χ1n) is 7.23. The van der Waals surface area contributed by atoms with Gasteiger partial charge in [-0.1, -0.05) is 20.3 Å². The maximum atomic E-state index is 11.9. The highest BCUT2D eigenvalue weighted by molar-refractivity contribution is 8.00. The van der Waals surface area contributed by atoms with Crippen LogP contribution in [0.3, 0.4) is 0 Å². The number of alkyl carbamates (subject to hydrolysis) is 1. The highest BCUT2D eigenvalue weighted by atomic mass is 32.2. The Morgan fingerprint density at radius 2 is 1.95 bits per heavy atom. The van der Waals surface area contributed by atoms with Gasteiger partial charge in [0.2, 0.25) is 5.91 Å². The van der Waals surface area contributed by atoms with E-state index in [1.807, 2.05) is 0 Å². The van der Waals surface area contributed by atoms with E-state index in [0.717, 1.165) is 5.75 Å². The van der Waals surface area contributed by atoms with Gasteiger partial charge in [-0.25, -0.2) is 4.79 Å². The molecule has 1 fully saturated rings. The molecule has 1 saturated heterocycles. The second-order valence-corrected chi connectivity index (χ2v) is 7.31. The van der Waals surface area contributed by atoms with Crippen LogP contribution in [0.5, 0.6) is 0 Å². The number of hydrogen-bond donors (Lipinski definition) is 2. The third kappa shape index (κ3) is 9.14. The number of thioether (sulfide) groups is 1. The Morgan fingerprint density at radius 3 is 2.43 bits per heavy atom. The number of hydrogen-bond acceptors (Lipinski definition) is 5. The molecule has 0 radical (unpaired) electrons. The van der Waals surface area contributed by atoms with E-state index in [1.54, 1.807) is 37.4 Å². The zero-order valence-electron chi connectivity index (χ0n) is 13.6. The molecule has 0 bridgehead atoms. The molecule has 21 heavy (non-hydrogen) atoms. The molecule has 5 nitrogen and oxygen atoms in total. The van der Waals surface area contributed by atoms with Gasteiger partial charge in [-0.05, 0) is 20.8 Å². The molecule has 0 aromatic heterocycles. The average Bonchev–Trinajstić information content (AvgIpc) is 2.83. The van der Waals surface area contributed by atoms with Crippen LogP contribution in [0.25, 0.3) is 0 Å². The van der Waals surface area contributed by atoms with Gasteiger partial charge < -0.3 is 15.0 Å². The number of rotatable bonds is 3. The van der Waals surface area contributed by atoms with Crippen molar-refractivity contribution in [3.8, 4) is 0 Å². The van der Waals surface area contributed by atoms with E-state index in [9.17, 15) is 9.59 Å². The lowest BCUT2D eigenvalue weighted by Gasteiger charge is -2.23. The monoisotopic (exact) mass is 336 g/mol. The van der Waals surface area contributed by atoms with Crippen LogP contribution in [-0.4, -0.2) is 52.5 Å². The van der Waals surface area contributed by atoms with Gasteiger partial charge >= 0.3 is 6.09 Å². The normalized spacial score (nSPS) is 17.8. The molecule has 1 heterocycles. The lowest BCUT2D eigenvalue weighted by molar-refractivity contribution is -0.130. The molecule has 1 N–H and O–H groups in total. The van der Waals surface area contributed by atoms with Gasteiger partial charge in [0, 0.05) is 18.1 Å². The van der Waals surface area contributed by atoms with E-state index in [1.165, 1.54) is 6.42 Å². The lowest BCUT2D eigenvalue weighted by Crippen LogP contribution is -2.44. The number of ether oxygens (including phenoxy) is 1. The van der Waals surface area contributed by atoms with Gasteiger partial charge in [-0.15, -0.1) is 11.8 Å². The minimum absolute atomic E-state index is 0.0280. The summed E-state index contributed by atoms with van der Waals surface area (Å²) in [5.41, 5.74) is -0.551.